The minimum atomic E-state index is 0.503. The number of likely N-dealkylation sites (N-methyl/N-ethyl adjacent to an activating group) is 1. The fraction of sp³-hybridized carbons (Fsp3) is 0.571. The van der Waals surface area contributed by atoms with E-state index < -0.39 is 0 Å². The molecule has 0 radical (unpaired) electrons. The van der Waals surface area contributed by atoms with Gasteiger partial charge in [-0.05, 0) is 46.4 Å². The van der Waals surface area contributed by atoms with Gasteiger partial charge in [-0.15, -0.1) is 0 Å². The molecule has 1 atom stereocenters. The third kappa shape index (κ3) is 2.99. The van der Waals surface area contributed by atoms with Crippen molar-refractivity contribution in [1.82, 2.24) is 4.90 Å². The van der Waals surface area contributed by atoms with E-state index in [-0.39, 0.29) is 0 Å². The zero-order valence-corrected chi connectivity index (χ0v) is 10.7. The van der Waals surface area contributed by atoms with Crippen LogP contribution in [0.2, 0.25) is 0 Å². The SMILES string of the molecule is C=C/C=C(OCC)\C(=C/C)C1CCCN1C. The average molecular weight is 221 g/mol. The Morgan fingerprint density at radius 3 is 2.75 bits per heavy atom. The summed E-state index contributed by atoms with van der Waals surface area (Å²) < 4.78 is 5.69. The second-order valence-corrected chi connectivity index (χ2v) is 4.08. The minimum absolute atomic E-state index is 0.503. The minimum Gasteiger partial charge on any atom is -0.494 e. The fourth-order valence-corrected chi connectivity index (χ4v) is 2.29. The zero-order valence-electron chi connectivity index (χ0n) is 10.7. The molecule has 0 amide bonds. The number of rotatable bonds is 5. The Kier molecular flexibility index (Phi) is 5.33. The van der Waals surface area contributed by atoms with E-state index in [0.717, 1.165) is 5.76 Å². The molecular weight excluding hydrogens is 198 g/mol. The molecular formula is C14H23NO. The summed E-state index contributed by atoms with van der Waals surface area (Å²) in [5.41, 5.74) is 1.29. The molecule has 0 aliphatic carbocycles. The van der Waals surface area contributed by atoms with Gasteiger partial charge in [-0.25, -0.2) is 0 Å². The van der Waals surface area contributed by atoms with Gasteiger partial charge in [0.1, 0.15) is 5.76 Å². The average Bonchev–Trinajstić information content (AvgIpc) is 2.67. The summed E-state index contributed by atoms with van der Waals surface area (Å²) in [5.74, 6) is 0.971. The van der Waals surface area contributed by atoms with Crippen molar-refractivity contribution < 1.29 is 4.74 Å². The van der Waals surface area contributed by atoms with Gasteiger partial charge in [-0.2, -0.15) is 0 Å². The predicted octanol–water partition coefficient (Wildman–Crippen LogP) is 3.13. The molecule has 0 saturated carbocycles. The normalized spacial score (nSPS) is 23.6. The first-order chi connectivity index (χ1) is 7.74. The van der Waals surface area contributed by atoms with Gasteiger partial charge in [-0.3, -0.25) is 4.90 Å². The van der Waals surface area contributed by atoms with Crippen LogP contribution in [-0.2, 0) is 4.74 Å². The Hall–Kier alpha value is -1.02. The van der Waals surface area contributed by atoms with Crippen LogP contribution in [0.15, 0.2) is 36.1 Å². The molecule has 90 valence electrons. The summed E-state index contributed by atoms with van der Waals surface area (Å²) >= 11 is 0. The summed E-state index contributed by atoms with van der Waals surface area (Å²) in [6.45, 7) is 9.72. The largest absolute Gasteiger partial charge is 0.494 e. The number of likely N-dealkylation sites (tertiary alicyclic amines) is 1. The van der Waals surface area contributed by atoms with Gasteiger partial charge < -0.3 is 4.74 Å². The van der Waals surface area contributed by atoms with Crippen molar-refractivity contribution in [1.29, 1.82) is 0 Å². The highest BCUT2D eigenvalue weighted by atomic mass is 16.5. The van der Waals surface area contributed by atoms with Crippen LogP contribution in [0, 0.1) is 0 Å². The first-order valence-electron chi connectivity index (χ1n) is 6.06. The Morgan fingerprint density at radius 1 is 1.56 bits per heavy atom. The molecule has 0 N–H and O–H groups in total. The first kappa shape index (κ1) is 13.0. The van der Waals surface area contributed by atoms with Crippen molar-refractivity contribution in [2.75, 3.05) is 20.2 Å². The molecule has 2 nitrogen and oxygen atoms in total. The van der Waals surface area contributed by atoms with Gasteiger partial charge in [0, 0.05) is 11.6 Å². The van der Waals surface area contributed by atoms with E-state index >= 15 is 0 Å². The molecule has 1 rings (SSSR count). The molecule has 1 aliphatic heterocycles. The monoisotopic (exact) mass is 221 g/mol. The van der Waals surface area contributed by atoms with Crippen molar-refractivity contribution >= 4 is 0 Å². The summed E-state index contributed by atoms with van der Waals surface area (Å²) in [6, 6.07) is 0.503. The van der Waals surface area contributed by atoms with Gasteiger partial charge >= 0.3 is 0 Å². The Balaban J connectivity index is 2.87. The highest BCUT2D eigenvalue weighted by molar-refractivity contribution is 5.33. The smallest absolute Gasteiger partial charge is 0.123 e. The van der Waals surface area contributed by atoms with E-state index in [1.807, 2.05) is 13.0 Å². The van der Waals surface area contributed by atoms with Crippen LogP contribution in [0.25, 0.3) is 0 Å². The number of ether oxygens (including phenoxy) is 1. The molecule has 0 aromatic rings. The van der Waals surface area contributed by atoms with Crippen LogP contribution in [0.3, 0.4) is 0 Å². The van der Waals surface area contributed by atoms with Crippen LogP contribution < -0.4 is 0 Å². The predicted molar refractivity (Wildman–Crippen MR) is 69.3 cm³/mol. The molecule has 1 fully saturated rings. The van der Waals surface area contributed by atoms with E-state index in [1.54, 1.807) is 6.08 Å². The number of hydrogen-bond acceptors (Lipinski definition) is 2. The van der Waals surface area contributed by atoms with E-state index in [1.165, 1.54) is 25.0 Å². The molecule has 2 heteroatoms. The summed E-state index contributed by atoms with van der Waals surface area (Å²) in [6.07, 6.45) is 8.41. The molecule has 0 aromatic heterocycles. The summed E-state index contributed by atoms with van der Waals surface area (Å²) in [5, 5.41) is 0. The van der Waals surface area contributed by atoms with Crippen molar-refractivity contribution in [3.05, 3.63) is 36.1 Å². The summed E-state index contributed by atoms with van der Waals surface area (Å²) in [7, 11) is 2.18. The number of nitrogens with zero attached hydrogens (tertiary/aromatic N) is 1. The first-order valence-corrected chi connectivity index (χ1v) is 6.06. The highest BCUT2D eigenvalue weighted by Crippen LogP contribution is 2.27. The Bertz CT molecular complexity index is 291. The zero-order chi connectivity index (χ0) is 12.0. The second-order valence-electron chi connectivity index (χ2n) is 4.08. The molecule has 16 heavy (non-hydrogen) atoms. The third-order valence-corrected chi connectivity index (χ3v) is 3.04. The molecule has 1 aliphatic rings. The number of hydrogen-bond donors (Lipinski definition) is 0. The molecule has 1 heterocycles. The lowest BCUT2D eigenvalue weighted by Gasteiger charge is -2.24. The van der Waals surface area contributed by atoms with Crippen molar-refractivity contribution in [2.24, 2.45) is 0 Å². The molecule has 0 spiro atoms. The fourth-order valence-electron chi connectivity index (χ4n) is 2.29. The van der Waals surface area contributed by atoms with E-state index in [9.17, 15) is 0 Å². The Morgan fingerprint density at radius 2 is 2.31 bits per heavy atom. The van der Waals surface area contributed by atoms with E-state index in [2.05, 4.69) is 31.5 Å². The van der Waals surface area contributed by atoms with Crippen molar-refractivity contribution in [2.45, 2.75) is 32.7 Å². The molecule has 0 bridgehead atoms. The Labute approximate surface area is 99.3 Å². The quantitative estimate of drug-likeness (QED) is 0.522. The van der Waals surface area contributed by atoms with Crippen LogP contribution in [0.5, 0.6) is 0 Å². The van der Waals surface area contributed by atoms with Crippen LogP contribution >= 0.6 is 0 Å². The lowest BCUT2D eigenvalue weighted by atomic mass is 10.0. The van der Waals surface area contributed by atoms with Gasteiger partial charge in [0.2, 0.25) is 0 Å². The van der Waals surface area contributed by atoms with Crippen molar-refractivity contribution in [3.63, 3.8) is 0 Å². The molecule has 1 saturated heterocycles. The maximum Gasteiger partial charge on any atom is 0.123 e. The van der Waals surface area contributed by atoms with Crippen LogP contribution in [0.1, 0.15) is 26.7 Å². The highest BCUT2D eigenvalue weighted by Gasteiger charge is 2.26. The molecule has 1 unspecified atom stereocenters. The summed E-state index contributed by atoms with van der Waals surface area (Å²) in [4.78, 5) is 2.39. The van der Waals surface area contributed by atoms with Crippen molar-refractivity contribution in [3.8, 4) is 0 Å². The number of allylic oxidation sites excluding steroid dienone is 3. The van der Waals surface area contributed by atoms with Crippen LogP contribution in [0.4, 0.5) is 0 Å². The van der Waals surface area contributed by atoms with Crippen LogP contribution in [-0.4, -0.2) is 31.1 Å². The van der Waals surface area contributed by atoms with E-state index in [0.29, 0.717) is 12.6 Å². The molecule has 0 aromatic carbocycles. The second kappa shape index (κ2) is 6.54. The van der Waals surface area contributed by atoms with E-state index in [4.69, 9.17) is 4.74 Å². The maximum atomic E-state index is 5.69. The van der Waals surface area contributed by atoms with Gasteiger partial charge in [0.15, 0.2) is 0 Å². The van der Waals surface area contributed by atoms with Gasteiger partial charge in [0.25, 0.3) is 0 Å². The lowest BCUT2D eigenvalue weighted by Crippen LogP contribution is -2.28. The van der Waals surface area contributed by atoms with Gasteiger partial charge in [-0.1, -0.05) is 18.7 Å². The van der Waals surface area contributed by atoms with Gasteiger partial charge in [0.05, 0.1) is 6.61 Å². The topological polar surface area (TPSA) is 12.5 Å². The lowest BCUT2D eigenvalue weighted by molar-refractivity contribution is 0.224. The maximum absolute atomic E-state index is 5.69. The standard InChI is InChI=1S/C14H23NO/c1-5-9-14(16-7-3)12(6-2)13-10-8-11-15(13)4/h5-6,9,13H,1,7-8,10-11H2,2-4H3/b12-6-,14-9+. The third-order valence-electron chi connectivity index (χ3n) is 3.04.